The van der Waals surface area contributed by atoms with Gasteiger partial charge < -0.3 is 10.4 Å². The van der Waals surface area contributed by atoms with Gasteiger partial charge in [-0.05, 0) is 20.4 Å². The lowest BCUT2D eigenvalue weighted by Gasteiger charge is -2.29. The van der Waals surface area contributed by atoms with Gasteiger partial charge in [-0.2, -0.15) is 0 Å². The molecule has 1 rings (SSSR count). The molecule has 0 aliphatic heterocycles. The van der Waals surface area contributed by atoms with Crippen LogP contribution in [0.4, 0.5) is 0 Å². The molecule has 1 aromatic rings. The van der Waals surface area contributed by atoms with E-state index in [4.69, 9.17) is 0 Å². The molecular formula is C10H18N2OS2. The van der Waals surface area contributed by atoms with Crippen molar-refractivity contribution in [3.8, 4) is 0 Å². The van der Waals surface area contributed by atoms with E-state index in [9.17, 15) is 5.11 Å². The molecule has 5 heteroatoms. The average molecular weight is 246 g/mol. The first kappa shape index (κ1) is 13.0. The molecule has 0 radical (unpaired) electrons. The number of aromatic nitrogens is 1. The summed E-state index contributed by atoms with van der Waals surface area (Å²) in [5, 5.41) is 14.9. The lowest BCUT2D eigenvalue weighted by molar-refractivity contribution is 0.174. The van der Waals surface area contributed by atoms with E-state index < -0.39 is 0 Å². The maximum atomic E-state index is 9.28. The summed E-state index contributed by atoms with van der Waals surface area (Å²) in [6.07, 6.45) is 2.74. The summed E-state index contributed by atoms with van der Waals surface area (Å²) in [6.45, 7) is 4.36. The molecule has 0 fully saturated rings. The first-order valence-corrected chi connectivity index (χ1v) is 6.71. The van der Waals surface area contributed by atoms with Gasteiger partial charge in [0.25, 0.3) is 0 Å². The van der Waals surface area contributed by atoms with Gasteiger partial charge in [0.1, 0.15) is 4.34 Å². The van der Waals surface area contributed by atoms with Gasteiger partial charge in [-0.15, -0.1) is 11.3 Å². The minimum Gasteiger partial charge on any atom is -0.394 e. The van der Waals surface area contributed by atoms with Crippen molar-refractivity contribution < 1.29 is 5.11 Å². The minimum atomic E-state index is -0.191. The summed E-state index contributed by atoms with van der Waals surface area (Å²) < 4.78 is 1.10. The number of likely N-dealkylation sites (N-methyl/N-ethyl adjacent to an activating group) is 1. The van der Waals surface area contributed by atoms with Crippen LogP contribution in [0.25, 0.3) is 0 Å². The van der Waals surface area contributed by atoms with Gasteiger partial charge in [-0.1, -0.05) is 18.7 Å². The van der Waals surface area contributed by atoms with Gasteiger partial charge in [-0.25, -0.2) is 4.98 Å². The van der Waals surface area contributed by atoms with E-state index >= 15 is 0 Å². The SMILES string of the molecule is CNC(C)(CO)CC(C)Sc1nccs1. The largest absolute Gasteiger partial charge is 0.394 e. The monoisotopic (exact) mass is 246 g/mol. The number of thiazole rings is 1. The van der Waals surface area contributed by atoms with Crippen LogP contribution in [0.15, 0.2) is 15.9 Å². The lowest BCUT2D eigenvalue weighted by Crippen LogP contribution is -2.45. The summed E-state index contributed by atoms with van der Waals surface area (Å²) in [6, 6.07) is 0. The molecule has 0 aliphatic rings. The van der Waals surface area contributed by atoms with Gasteiger partial charge in [-0.3, -0.25) is 0 Å². The fourth-order valence-corrected chi connectivity index (χ4v) is 3.52. The van der Waals surface area contributed by atoms with Gasteiger partial charge in [0, 0.05) is 22.4 Å². The van der Waals surface area contributed by atoms with Crippen LogP contribution in [0.2, 0.25) is 0 Å². The Bertz CT molecular complexity index is 273. The Morgan fingerprint density at radius 3 is 2.93 bits per heavy atom. The molecule has 1 heterocycles. The zero-order chi connectivity index (χ0) is 11.3. The quantitative estimate of drug-likeness (QED) is 0.754. The Balaban J connectivity index is 2.44. The third-order valence-electron chi connectivity index (χ3n) is 2.40. The number of aliphatic hydroxyl groups excluding tert-OH is 1. The minimum absolute atomic E-state index is 0.159. The summed E-state index contributed by atoms with van der Waals surface area (Å²) in [5.41, 5.74) is -0.191. The molecule has 0 bridgehead atoms. The second-order valence-electron chi connectivity index (χ2n) is 3.90. The first-order valence-electron chi connectivity index (χ1n) is 4.95. The molecule has 86 valence electrons. The Morgan fingerprint density at radius 1 is 1.73 bits per heavy atom. The predicted molar refractivity (Wildman–Crippen MR) is 66.6 cm³/mol. The average Bonchev–Trinajstić information content (AvgIpc) is 2.70. The summed E-state index contributed by atoms with van der Waals surface area (Å²) in [7, 11) is 1.89. The van der Waals surface area contributed by atoms with Crippen molar-refractivity contribution in [2.45, 2.75) is 35.4 Å². The molecule has 2 N–H and O–H groups in total. The third kappa shape index (κ3) is 4.10. The predicted octanol–water partition coefficient (Wildman–Crippen LogP) is 1.98. The molecule has 0 amide bonds. The van der Waals surface area contributed by atoms with Gasteiger partial charge in [0.15, 0.2) is 0 Å². The van der Waals surface area contributed by atoms with E-state index in [2.05, 4.69) is 17.2 Å². The van der Waals surface area contributed by atoms with Gasteiger partial charge >= 0.3 is 0 Å². The van der Waals surface area contributed by atoms with E-state index in [1.807, 2.05) is 25.5 Å². The number of hydrogen-bond acceptors (Lipinski definition) is 5. The van der Waals surface area contributed by atoms with Crippen molar-refractivity contribution in [1.29, 1.82) is 0 Å². The first-order chi connectivity index (χ1) is 7.09. The maximum Gasteiger partial charge on any atom is 0.150 e. The topological polar surface area (TPSA) is 45.1 Å². The zero-order valence-corrected chi connectivity index (χ0v) is 11.0. The molecule has 2 atom stereocenters. The lowest BCUT2D eigenvalue weighted by atomic mass is 9.98. The highest BCUT2D eigenvalue weighted by Gasteiger charge is 2.24. The Labute approximate surface area is 99.3 Å². The molecule has 3 nitrogen and oxygen atoms in total. The van der Waals surface area contributed by atoms with E-state index in [1.165, 1.54) is 0 Å². The zero-order valence-electron chi connectivity index (χ0n) is 9.36. The summed E-state index contributed by atoms with van der Waals surface area (Å²) in [5.74, 6) is 0. The van der Waals surface area contributed by atoms with Crippen LogP contribution in [0.5, 0.6) is 0 Å². The van der Waals surface area contributed by atoms with Crippen molar-refractivity contribution in [3.63, 3.8) is 0 Å². The van der Waals surface area contributed by atoms with Crippen molar-refractivity contribution in [2.24, 2.45) is 0 Å². The van der Waals surface area contributed by atoms with E-state index in [1.54, 1.807) is 23.1 Å². The second kappa shape index (κ2) is 5.84. The molecule has 0 saturated carbocycles. The van der Waals surface area contributed by atoms with Crippen LogP contribution in [0.1, 0.15) is 20.3 Å². The molecule has 2 unspecified atom stereocenters. The molecule has 15 heavy (non-hydrogen) atoms. The molecule has 1 aromatic heterocycles. The number of nitrogens with one attached hydrogen (secondary N) is 1. The summed E-state index contributed by atoms with van der Waals surface area (Å²) >= 11 is 3.43. The van der Waals surface area contributed by atoms with E-state index in [0.29, 0.717) is 5.25 Å². The number of nitrogens with zero attached hydrogens (tertiary/aromatic N) is 1. The Hall–Kier alpha value is -0.100. The second-order valence-corrected chi connectivity index (χ2v) is 6.48. The van der Waals surface area contributed by atoms with Crippen LogP contribution < -0.4 is 5.32 Å². The van der Waals surface area contributed by atoms with E-state index in [0.717, 1.165) is 10.8 Å². The van der Waals surface area contributed by atoms with Crippen molar-refractivity contribution in [1.82, 2.24) is 10.3 Å². The number of aliphatic hydroxyl groups is 1. The van der Waals surface area contributed by atoms with Crippen LogP contribution in [0.3, 0.4) is 0 Å². The smallest absolute Gasteiger partial charge is 0.150 e. The summed E-state index contributed by atoms with van der Waals surface area (Å²) in [4.78, 5) is 4.24. The molecule has 0 aromatic carbocycles. The highest BCUT2D eigenvalue weighted by Crippen LogP contribution is 2.29. The van der Waals surface area contributed by atoms with Crippen LogP contribution in [-0.4, -0.2) is 34.5 Å². The fourth-order valence-electron chi connectivity index (χ4n) is 1.36. The van der Waals surface area contributed by atoms with Crippen molar-refractivity contribution in [2.75, 3.05) is 13.7 Å². The molecular weight excluding hydrogens is 228 g/mol. The molecule has 0 spiro atoms. The Kier molecular flexibility index (Phi) is 5.05. The fraction of sp³-hybridized carbons (Fsp3) is 0.700. The van der Waals surface area contributed by atoms with Crippen molar-refractivity contribution >= 4 is 23.1 Å². The van der Waals surface area contributed by atoms with Crippen LogP contribution in [-0.2, 0) is 0 Å². The standard InChI is InChI=1S/C10H18N2OS2/c1-8(6-10(2,7-13)11-3)15-9-12-4-5-14-9/h4-5,8,11,13H,6-7H2,1-3H3. The van der Waals surface area contributed by atoms with E-state index in [-0.39, 0.29) is 12.1 Å². The van der Waals surface area contributed by atoms with Gasteiger partial charge in [0.2, 0.25) is 0 Å². The van der Waals surface area contributed by atoms with Crippen LogP contribution >= 0.6 is 23.1 Å². The molecule has 0 saturated heterocycles. The van der Waals surface area contributed by atoms with Gasteiger partial charge in [0.05, 0.1) is 6.61 Å². The number of hydrogen-bond donors (Lipinski definition) is 2. The number of thioether (sulfide) groups is 1. The van der Waals surface area contributed by atoms with Crippen molar-refractivity contribution in [3.05, 3.63) is 11.6 Å². The molecule has 0 aliphatic carbocycles. The normalized spacial score (nSPS) is 17.3. The Morgan fingerprint density at radius 2 is 2.47 bits per heavy atom. The number of rotatable bonds is 6. The highest BCUT2D eigenvalue weighted by atomic mass is 32.2. The third-order valence-corrected chi connectivity index (χ3v) is 4.42. The van der Waals surface area contributed by atoms with Crippen LogP contribution in [0, 0.1) is 0 Å². The highest BCUT2D eigenvalue weighted by molar-refractivity contribution is 8.01. The maximum absolute atomic E-state index is 9.28.